The highest BCUT2D eigenvalue weighted by molar-refractivity contribution is 5.75. The van der Waals surface area contributed by atoms with Crippen molar-refractivity contribution in [2.75, 3.05) is 19.8 Å². The normalized spacial score (nSPS) is 12.1. The third-order valence-electron chi connectivity index (χ3n) is 2.43. The fraction of sp³-hybridized carbons (Fsp3) is 0.462. The Labute approximate surface area is 106 Å². The number of carboxylic acids is 1. The topological polar surface area (TPSA) is 78.8 Å². The molecule has 0 radical (unpaired) electrons. The molecule has 0 spiro atoms. The fourth-order valence-corrected chi connectivity index (χ4v) is 1.62. The Kier molecular flexibility index (Phi) is 6.18. The third kappa shape index (κ3) is 4.35. The van der Waals surface area contributed by atoms with Crippen molar-refractivity contribution < 1.29 is 19.7 Å². The van der Waals surface area contributed by atoms with E-state index in [-0.39, 0.29) is 6.61 Å². The van der Waals surface area contributed by atoms with Gasteiger partial charge in [-0.15, -0.1) is 0 Å². The number of rotatable bonds is 8. The monoisotopic (exact) mass is 253 g/mol. The number of carbonyl (C=O) groups is 1. The highest BCUT2D eigenvalue weighted by atomic mass is 16.5. The van der Waals surface area contributed by atoms with Crippen LogP contribution in [0.25, 0.3) is 0 Å². The molecule has 1 atom stereocenters. The molecule has 0 aliphatic heterocycles. The number of carboxylic acid groups (broad SMARTS) is 1. The van der Waals surface area contributed by atoms with Crippen LogP contribution in [0.4, 0.5) is 0 Å². The first-order valence-electron chi connectivity index (χ1n) is 5.98. The minimum atomic E-state index is -0.943. The smallest absolute Gasteiger partial charge is 0.325 e. The van der Waals surface area contributed by atoms with Crippen LogP contribution in [0.2, 0.25) is 0 Å². The number of nitrogens with one attached hydrogen (secondary N) is 1. The van der Waals surface area contributed by atoms with Crippen LogP contribution in [0.15, 0.2) is 24.3 Å². The average Bonchev–Trinajstić information content (AvgIpc) is 2.35. The number of aliphatic hydroxyl groups excluding tert-OH is 1. The summed E-state index contributed by atoms with van der Waals surface area (Å²) in [5, 5.41) is 20.8. The Hall–Kier alpha value is -1.59. The van der Waals surface area contributed by atoms with Gasteiger partial charge in [0.2, 0.25) is 0 Å². The van der Waals surface area contributed by atoms with Gasteiger partial charge in [0.15, 0.2) is 0 Å². The molecule has 0 saturated carbocycles. The van der Waals surface area contributed by atoms with Gasteiger partial charge in [0.1, 0.15) is 11.8 Å². The number of hydrogen-bond acceptors (Lipinski definition) is 4. The van der Waals surface area contributed by atoms with Gasteiger partial charge in [0.05, 0.1) is 6.61 Å². The van der Waals surface area contributed by atoms with Crippen LogP contribution in [-0.4, -0.2) is 35.9 Å². The minimum absolute atomic E-state index is 0.0400. The molecule has 5 nitrogen and oxygen atoms in total. The first kappa shape index (κ1) is 14.5. The largest absolute Gasteiger partial charge is 0.494 e. The summed E-state index contributed by atoms with van der Waals surface area (Å²) in [5.41, 5.74) is 0.645. The Morgan fingerprint density at radius 2 is 2.28 bits per heavy atom. The fourth-order valence-electron chi connectivity index (χ4n) is 1.62. The summed E-state index contributed by atoms with van der Waals surface area (Å²) in [7, 11) is 0. The van der Waals surface area contributed by atoms with E-state index >= 15 is 0 Å². The standard InChI is InChI=1S/C13H19NO4/c1-2-18-11-6-3-5-10(9-11)12(13(16)17)14-7-4-8-15/h3,5-6,9,12,14-15H,2,4,7-8H2,1H3,(H,16,17). The zero-order valence-corrected chi connectivity index (χ0v) is 10.4. The van der Waals surface area contributed by atoms with E-state index in [4.69, 9.17) is 9.84 Å². The Bertz CT molecular complexity index is 381. The number of aliphatic carboxylic acids is 1. The van der Waals surface area contributed by atoms with Crippen LogP contribution in [0.5, 0.6) is 5.75 Å². The second-order valence-electron chi connectivity index (χ2n) is 3.81. The van der Waals surface area contributed by atoms with Gasteiger partial charge in [0.25, 0.3) is 0 Å². The predicted molar refractivity (Wildman–Crippen MR) is 67.7 cm³/mol. The first-order valence-corrected chi connectivity index (χ1v) is 5.98. The molecule has 18 heavy (non-hydrogen) atoms. The Morgan fingerprint density at radius 1 is 1.50 bits per heavy atom. The van der Waals surface area contributed by atoms with Crippen LogP contribution in [0.3, 0.4) is 0 Å². The molecule has 0 heterocycles. The van der Waals surface area contributed by atoms with Gasteiger partial charge < -0.3 is 20.3 Å². The van der Waals surface area contributed by atoms with Gasteiger partial charge in [-0.05, 0) is 37.6 Å². The van der Waals surface area contributed by atoms with Crippen molar-refractivity contribution in [1.82, 2.24) is 5.32 Å². The molecule has 1 aromatic carbocycles. The van der Waals surface area contributed by atoms with Crippen molar-refractivity contribution in [3.8, 4) is 5.75 Å². The number of ether oxygens (including phenoxy) is 1. The summed E-state index contributed by atoms with van der Waals surface area (Å²) in [6.07, 6.45) is 0.523. The maximum absolute atomic E-state index is 11.2. The highest BCUT2D eigenvalue weighted by Gasteiger charge is 2.19. The van der Waals surface area contributed by atoms with Crippen molar-refractivity contribution in [2.45, 2.75) is 19.4 Å². The predicted octanol–water partition coefficient (Wildman–Crippen LogP) is 1.18. The van der Waals surface area contributed by atoms with Crippen LogP contribution in [-0.2, 0) is 4.79 Å². The zero-order valence-electron chi connectivity index (χ0n) is 10.4. The van der Waals surface area contributed by atoms with E-state index in [9.17, 15) is 9.90 Å². The molecule has 3 N–H and O–H groups in total. The van der Waals surface area contributed by atoms with E-state index in [0.717, 1.165) is 0 Å². The molecule has 0 aliphatic carbocycles. The summed E-state index contributed by atoms with van der Waals surface area (Å²) in [4.78, 5) is 11.2. The van der Waals surface area contributed by atoms with Crippen LogP contribution >= 0.6 is 0 Å². The van der Waals surface area contributed by atoms with Gasteiger partial charge in [-0.2, -0.15) is 0 Å². The maximum Gasteiger partial charge on any atom is 0.325 e. The lowest BCUT2D eigenvalue weighted by molar-refractivity contribution is -0.139. The van der Waals surface area contributed by atoms with Gasteiger partial charge in [-0.3, -0.25) is 4.79 Å². The summed E-state index contributed by atoms with van der Waals surface area (Å²) < 4.78 is 5.34. The van der Waals surface area contributed by atoms with Crippen LogP contribution in [0, 0.1) is 0 Å². The van der Waals surface area contributed by atoms with E-state index in [1.165, 1.54) is 0 Å². The molecule has 0 aliphatic rings. The lowest BCUT2D eigenvalue weighted by Gasteiger charge is -2.15. The summed E-state index contributed by atoms with van der Waals surface area (Å²) in [6.45, 7) is 2.91. The molecular weight excluding hydrogens is 234 g/mol. The Morgan fingerprint density at radius 3 is 2.89 bits per heavy atom. The number of aliphatic hydroxyl groups is 1. The van der Waals surface area contributed by atoms with Crippen molar-refractivity contribution in [3.05, 3.63) is 29.8 Å². The number of hydrogen-bond donors (Lipinski definition) is 3. The van der Waals surface area contributed by atoms with E-state index in [1.807, 2.05) is 6.92 Å². The SMILES string of the molecule is CCOc1cccc(C(NCCCO)C(=O)O)c1. The second-order valence-corrected chi connectivity index (χ2v) is 3.81. The van der Waals surface area contributed by atoms with E-state index < -0.39 is 12.0 Å². The molecule has 0 aromatic heterocycles. The molecule has 1 aromatic rings. The number of benzene rings is 1. The lowest BCUT2D eigenvalue weighted by atomic mass is 10.1. The molecular formula is C13H19NO4. The summed E-state index contributed by atoms with van der Waals surface area (Å²) in [6, 6.07) is 6.24. The van der Waals surface area contributed by atoms with Gasteiger partial charge in [-0.1, -0.05) is 12.1 Å². The molecule has 1 unspecified atom stereocenters. The van der Waals surface area contributed by atoms with E-state index in [2.05, 4.69) is 5.32 Å². The molecule has 100 valence electrons. The minimum Gasteiger partial charge on any atom is -0.494 e. The lowest BCUT2D eigenvalue weighted by Crippen LogP contribution is -2.29. The third-order valence-corrected chi connectivity index (χ3v) is 2.43. The van der Waals surface area contributed by atoms with Crippen molar-refractivity contribution in [2.24, 2.45) is 0 Å². The molecule has 0 amide bonds. The summed E-state index contributed by atoms with van der Waals surface area (Å²) >= 11 is 0. The highest BCUT2D eigenvalue weighted by Crippen LogP contribution is 2.19. The van der Waals surface area contributed by atoms with E-state index in [1.54, 1.807) is 24.3 Å². The molecule has 0 bridgehead atoms. The quantitative estimate of drug-likeness (QED) is 0.606. The molecule has 0 fully saturated rings. The molecule has 1 rings (SSSR count). The second kappa shape index (κ2) is 7.68. The van der Waals surface area contributed by atoms with Crippen LogP contribution < -0.4 is 10.1 Å². The first-order chi connectivity index (χ1) is 8.69. The maximum atomic E-state index is 11.2. The average molecular weight is 253 g/mol. The molecule has 5 heteroatoms. The Balaban J connectivity index is 2.77. The van der Waals surface area contributed by atoms with Crippen molar-refractivity contribution >= 4 is 5.97 Å². The van der Waals surface area contributed by atoms with E-state index in [0.29, 0.717) is 30.9 Å². The van der Waals surface area contributed by atoms with Crippen LogP contribution in [0.1, 0.15) is 24.9 Å². The molecule has 0 saturated heterocycles. The van der Waals surface area contributed by atoms with Gasteiger partial charge in [-0.25, -0.2) is 0 Å². The van der Waals surface area contributed by atoms with Gasteiger partial charge >= 0.3 is 5.97 Å². The zero-order chi connectivity index (χ0) is 13.4. The van der Waals surface area contributed by atoms with Crippen molar-refractivity contribution in [1.29, 1.82) is 0 Å². The summed E-state index contributed by atoms with van der Waals surface area (Å²) in [5.74, 6) is -0.285. The van der Waals surface area contributed by atoms with Crippen molar-refractivity contribution in [3.63, 3.8) is 0 Å². The van der Waals surface area contributed by atoms with Gasteiger partial charge in [0, 0.05) is 6.61 Å².